The summed E-state index contributed by atoms with van der Waals surface area (Å²) < 4.78 is 5.65. The van der Waals surface area contributed by atoms with Crippen LogP contribution in [0.1, 0.15) is 33.1 Å². The fourth-order valence-electron chi connectivity index (χ4n) is 1.49. The molecule has 0 unspecified atom stereocenters. The molecule has 1 heterocycles. The quantitative estimate of drug-likeness (QED) is 0.660. The van der Waals surface area contributed by atoms with E-state index in [1.54, 1.807) is 0 Å². The van der Waals surface area contributed by atoms with Crippen molar-refractivity contribution in [2.75, 3.05) is 13.2 Å². The summed E-state index contributed by atoms with van der Waals surface area (Å²) in [6.07, 6.45) is 4.09. The molecule has 0 bridgehead atoms. The molecule has 0 aromatic carbocycles. The lowest BCUT2D eigenvalue weighted by Gasteiger charge is -2.35. The summed E-state index contributed by atoms with van der Waals surface area (Å²) in [5.74, 6) is 0. The van der Waals surface area contributed by atoms with Crippen molar-refractivity contribution in [2.24, 2.45) is 11.1 Å². The lowest BCUT2D eigenvalue weighted by Crippen LogP contribution is -2.40. The topological polar surface area (TPSA) is 35.2 Å². The smallest absolute Gasteiger partial charge is 0.0638 e. The lowest BCUT2D eigenvalue weighted by molar-refractivity contribution is -0.0509. The number of rotatable bonds is 2. The van der Waals surface area contributed by atoms with Crippen molar-refractivity contribution >= 4 is 0 Å². The van der Waals surface area contributed by atoms with E-state index in [0.717, 1.165) is 13.2 Å². The Bertz CT molecular complexity index is 117. The van der Waals surface area contributed by atoms with Crippen LogP contribution in [-0.4, -0.2) is 19.3 Å². The molecule has 0 saturated carbocycles. The van der Waals surface area contributed by atoms with Crippen LogP contribution in [0.2, 0.25) is 0 Å². The van der Waals surface area contributed by atoms with Gasteiger partial charge in [-0.2, -0.15) is 0 Å². The molecule has 1 fully saturated rings. The highest BCUT2D eigenvalue weighted by atomic mass is 16.5. The molecule has 11 heavy (non-hydrogen) atoms. The zero-order valence-corrected chi connectivity index (χ0v) is 7.60. The maximum absolute atomic E-state index is 5.66. The summed E-state index contributed by atoms with van der Waals surface area (Å²) in [6, 6.07) is 0. The fraction of sp³-hybridized carbons (Fsp3) is 1.00. The van der Waals surface area contributed by atoms with E-state index < -0.39 is 0 Å². The molecule has 2 N–H and O–H groups in total. The van der Waals surface area contributed by atoms with E-state index in [-0.39, 0.29) is 5.41 Å². The Morgan fingerprint density at radius 3 is 2.64 bits per heavy atom. The van der Waals surface area contributed by atoms with Gasteiger partial charge in [-0.1, -0.05) is 13.8 Å². The Balaban J connectivity index is 2.43. The Hall–Kier alpha value is -0.0800. The van der Waals surface area contributed by atoms with Gasteiger partial charge in [-0.25, -0.2) is 0 Å². The Morgan fingerprint density at radius 2 is 2.18 bits per heavy atom. The molecule has 1 aliphatic heterocycles. The maximum atomic E-state index is 5.66. The van der Waals surface area contributed by atoms with E-state index >= 15 is 0 Å². The highest BCUT2D eigenvalue weighted by molar-refractivity contribution is 4.81. The average Bonchev–Trinajstić information content (AvgIpc) is 2.06. The molecule has 0 radical (unpaired) electrons. The number of ether oxygens (including phenoxy) is 1. The molecule has 1 saturated heterocycles. The minimum atomic E-state index is 0.167. The van der Waals surface area contributed by atoms with Gasteiger partial charge in [0.2, 0.25) is 0 Å². The van der Waals surface area contributed by atoms with E-state index in [0.29, 0.717) is 6.10 Å². The fourth-order valence-corrected chi connectivity index (χ4v) is 1.49. The third-order valence-corrected chi connectivity index (χ3v) is 2.58. The standard InChI is InChI=1S/C9H19NO/c1-9(2,7-10)8-5-3-4-6-11-8/h8H,3-7,10H2,1-2H3/t8-/m0/s1. The Morgan fingerprint density at radius 1 is 1.45 bits per heavy atom. The van der Waals surface area contributed by atoms with E-state index in [4.69, 9.17) is 10.5 Å². The molecule has 2 nitrogen and oxygen atoms in total. The van der Waals surface area contributed by atoms with Crippen molar-refractivity contribution in [1.29, 1.82) is 0 Å². The molecule has 1 aliphatic rings. The molecule has 0 amide bonds. The van der Waals surface area contributed by atoms with Crippen molar-refractivity contribution in [3.63, 3.8) is 0 Å². The third kappa shape index (κ3) is 2.17. The average molecular weight is 157 g/mol. The molecular weight excluding hydrogens is 138 g/mol. The van der Waals surface area contributed by atoms with Crippen LogP contribution in [-0.2, 0) is 4.74 Å². The molecule has 0 aliphatic carbocycles. The van der Waals surface area contributed by atoms with Crippen LogP contribution in [0.15, 0.2) is 0 Å². The van der Waals surface area contributed by atoms with Crippen molar-refractivity contribution in [1.82, 2.24) is 0 Å². The van der Waals surface area contributed by atoms with Gasteiger partial charge >= 0.3 is 0 Å². The van der Waals surface area contributed by atoms with Crippen LogP contribution < -0.4 is 5.73 Å². The monoisotopic (exact) mass is 157 g/mol. The van der Waals surface area contributed by atoms with Crippen molar-refractivity contribution in [3.8, 4) is 0 Å². The Labute approximate surface area is 69.1 Å². The van der Waals surface area contributed by atoms with E-state index in [9.17, 15) is 0 Å². The van der Waals surface area contributed by atoms with E-state index in [1.807, 2.05) is 0 Å². The summed E-state index contributed by atoms with van der Waals surface area (Å²) in [5.41, 5.74) is 5.82. The molecule has 0 aromatic heterocycles. The van der Waals surface area contributed by atoms with Gasteiger partial charge < -0.3 is 10.5 Å². The zero-order chi connectivity index (χ0) is 8.32. The first kappa shape index (κ1) is 9.01. The van der Waals surface area contributed by atoms with Crippen LogP contribution in [0.3, 0.4) is 0 Å². The van der Waals surface area contributed by atoms with Crippen molar-refractivity contribution in [3.05, 3.63) is 0 Å². The molecular formula is C9H19NO. The largest absolute Gasteiger partial charge is 0.378 e. The first-order valence-electron chi connectivity index (χ1n) is 4.48. The second-order valence-corrected chi connectivity index (χ2v) is 4.05. The van der Waals surface area contributed by atoms with Crippen molar-refractivity contribution in [2.45, 2.75) is 39.2 Å². The second kappa shape index (κ2) is 3.55. The van der Waals surface area contributed by atoms with Crippen LogP contribution in [0.25, 0.3) is 0 Å². The van der Waals surface area contributed by atoms with Gasteiger partial charge in [0.1, 0.15) is 0 Å². The Kier molecular flexibility index (Phi) is 2.90. The van der Waals surface area contributed by atoms with Crippen LogP contribution in [0.5, 0.6) is 0 Å². The normalized spacial score (nSPS) is 27.0. The molecule has 1 rings (SSSR count). The molecule has 1 atom stereocenters. The predicted molar refractivity (Wildman–Crippen MR) is 46.4 cm³/mol. The second-order valence-electron chi connectivity index (χ2n) is 4.05. The minimum Gasteiger partial charge on any atom is -0.378 e. The number of nitrogens with two attached hydrogens (primary N) is 1. The molecule has 0 spiro atoms. The molecule has 2 heteroatoms. The number of hydrogen-bond acceptors (Lipinski definition) is 2. The zero-order valence-electron chi connectivity index (χ0n) is 7.60. The van der Waals surface area contributed by atoms with Crippen molar-refractivity contribution < 1.29 is 4.74 Å². The van der Waals surface area contributed by atoms with Gasteiger partial charge in [0, 0.05) is 12.0 Å². The van der Waals surface area contributed by atoms with Crippen LogP contribution in [0, 0.1) is 5.41 Å². The first-order valence-corrected chi connectivity index (χ1v) is 4.48. The van der Waals surface area contributed by atoms with E-state index in [2.05, 4.69) is 13.8 Å². The summed E-state index contributed by atoms with van der Waals surface area (Å²) >= 11 is 0. The summed E-state index contributed by atoms with van der Waals surface area (Å²) in [7, 11) is 0. The van der Waals surface area contributed by atoms with Crippen LogP contribution >= 0.6 is 0 Å². The van der Waals surface area contributed by atoms with Gasteiger partial charge in [-0.15, -0.1) is 0 Å². The molecule has 66 valence electrons. The van der Waals surface area contributed by atoms with Gasteiger partial charge in [0.25, 0.3) is 0 Å². The predicted octanol–water partition coefficient (Wildman–Crippen LogP) is 1.54. The minimum absolute atomic E-state index is 0.167. The van der Waals surface area contributed by atoms with Gasteiger partial charge in [0.15, 0.2) is 0 Å². The third-order valence-electron chi connectivity index (χ3n) is 2.58. The molecule has 0 aromatic rings. The maximum Gasteiger partial charge on any atom is 0.0638 e. The summed E-state index contributed by atoms with van der Waals surface area (Å²) in [6.45, 7) is 6.01. The van der Waals surface area contributed by atoms with Gasteiger partial charge in [-0.05, 0) is 25.8 Å². The van der Waals surface area contributed by atoms with E-state index in [1.165, 1.54) is 19.3 Å². The summed E-state index contributed by atoms with van der Waals surface area (Å²) in [5, 5.41) is 0. The number of hydrogen-bond donors (Lipinski definition) is 1. The summed E-state index contributed by atoms with van der Waals surface area (Å²) in [4.78, 5) is 0. The van der Waals surface area contributed by atoms with Gasteiger partial charge in [0.05, 0.1) is 6.10 Å². The SMILES string of the molecule is CC(C)(CN)[C@@H]1CCCCO1. The highest BCUT2D eigenvalue weighted by Gasteiger charge is 2.29. The first-order chi connectivity index (χ1) is 5.17. The van der Waals surface area contributed by atoms with Gasteiger partial charge in [-0.3, -0.25) is 0 Å². The van der Waals surface area contributed by atoms with Crippen LogP contribution in [0.4, 0.5) is 0 Å². The highest BCUT2D eigenvalue weighted by Crippen LogP contribution is 2.28. The lowest BCUT2D eigenvalue weighted by atomic mass is 9.83.